The lowest BCUT2D eigenvalue weighted by atomic mass is 9.98. The lowest BCUT2D eigenvalue weighted by molar-refractivity contribution is -0.125. The van der Waals surface area contributed by atoms with Crippen molar-refractivity contribution in [2.45, 2.75) is 25.8 Å². The second kappa shape index (κ2) is 5.55. The number of fused-ring (bicyclic) bond motifs is 1. The smallest absolute Gasteiger partial charge is 0.270 e. The van der Waals surface area contributed by atoms with Crippen LogP contribution in [0.15, 0.2) is 23.3 Å². The van der Waals surface area contributed by atoms with Crippen molar-refractivity contribution in [3.8, 4) is 5.75 Å². The molecule has 0 saturated carbocycles. The first-order chi connectivity index (χ1) is 10.2. The Labute approximate surface area is 122 Å². The van der Waals surface area contributed by atoms with E-state index in [1.165, 1.54) is 5.56 Å². The molecule has 0 unspecified atom stereocenters. The van der Waals surface area contributed by atoms with Crippen molar-refractivity contribution in [2.24, 2.45) is 5.10 Å². The van der Waals surface area contributed by atoms with Gasteiger partial charge in [-0.05, 0) is 29.7 Å². The van der Waals surface area contributed by atoms with Gasteiger partial charge in [0.15, 0.2) is 0 Å². The number of rotatable bonds is 2. The first kappa shape index (κ1) is 13.6. The molecular weight excluding hydrogens is 270 g/mol. The summed E-state index contributed by atoms with van der Waals surface area (Å²) in [5.74, 6) is 0.618. The lowest BCUT2D eigenvalue weighted by Gasteiger charge is -2.30. The van der Waals surface area contributed by atoms with Crippen molar-refractivity contribution in [2.75, 3.05) is 13.7 Å². The van der Waals surface area contributed by atoms with Gasteiger partial charge in [0.25, 0.3) is 5.91 Å². The molecule has 0 fully saturated rings. The zero-order chi connectivity index (χ0) is 14.8. The maximum absolute atomic E-state index is 12.4. The standard InChI is InChI=1S/C15H17N3O3/c1-21-12-3-2-11-9-18(7-6-10(11)8-12)15(20)13-4-5-14(19)17-16-13/h2-3,8H,4-7,9H2,1H3,(H,17,19). The number of ether oxygens (including phenoxy) is 1. The third kappa shape index (κ3) is 2.74. The van der Waals surface area contributed by atoms with Crippen LogP contribution in [-0.4, -0.2) is 36.1 Å². The van der Waals surface area contributed by atoms with Gasteiger partial charge in [0.05, 0.1) is 7.11 Å². The summed E-state index contributed by atoms with van der Waals surface area (Å²) in [6.07, 6.45) is 1.54. The Bertz CT molecular complexity index is 625. The minimum absolute atomic E-state index is 0.0866. The van der Waals surface area contributed by atoms with Gasteiger partial charge in [-0.2, -0.15) is 5.10 Å². The van der Waals surface area contributed by atoms with Gasteiger partial charge in [0.2, 0.25) is 5.91 Å². The summed E-state index contributed by atoms with van der Waals surface area (Å²) < 4.78 is 5.22. The molecule has 0 aliphatic carbocycles. The van der Waals surface area contributed by atoms with Gasteiger partial charge in [0, 0.05) is 25.9 Å². The minimum atomic E-state index is -0.136. The number of hydrogen-bond acceptors (Lipinski definition) is 4. The van der Waals surface area contributed by atoms with Crippen molar-refractivity contribution in [1.29, 1.82) is 0 Å². The molecule has 1 aromatic rings. The van der Waals surface area contributed by atoms with Crippen LogP contribution in [0.2, 0.25) is 0 Å². The normalized spacial score (nSPS) is 17.7. The maximum atomic E-state index is 12.4. The molecular formula is C15H17N3O3. The maximum Gasteiger partial charge on any atom is 0.270 e. The van der Waals surface area contributed by atoms with Gasteiger partial charge in [-0.3, -0.25) is 9.59 Å². The summed E-state index contributed by atoms with van der Waals surface area (Å²) in [5.41, 5.74) is 5.16. The van der Waals surface area contributed by atoms with E-state index >= 15 is 0 Å². The third-order valence-corrected chi connectivity index (χ3v) is 3.86. The Morgan fingerprint density at radius 2 is 2.14 bits per heavy atom. The van der Waals surface area contributed by atoms with E-state index in [0.717, 1.165) is 17.7 Å². The molecule has 0 aromatic heterocycles. The van der Waals surface area contributed by atoms with Crippen LogP contribution in [0.4, 0.5) is 0 Å². The molecule has 2 amide bonds. The Morgan fingerprint density at radius 3 is 2.86 bits per heavy atom. The predicted molar refractivity (Wildman–Crippen MR) is 76.9 cm³/mol. The van der Waals surface area contributed by atoms with Crippen LogP contribution in [-0.2, 0) is 22.6 Å². The fourth-order valence-corrected chi connectivity index (χ4v) is 2.64. The van der Waals surface area contributed by atoms with E-state index in [4.69, 9.17) is 4.74 Å². The quantitative estimate of drug-likeness (QED) is 0.876. The highest BCUT2D eigenvalue weighted by molar-refractivity contribution is 6.39. The highest BCUT2D eigenvalue weighted by Crippen LogP contribution is 2.24. The molecule has 0 radical (unpaired) electrons. The second-order valence-electron chi connectivity index (χ2n) is 5.20. The topological polar surface area (TPSA) is 71.0 Å². The first-order valence-electron chi connectivity index (χ1n) is 6.98. The van der Waals surface area contributed by atoms with Crippen LogP contribution in [0.3, 0.4) is 0 Å². The fraction of sp³-hybridized carbons (Fsp3) is 0.400. The molecule has 110 valence electrons. The van der Waals surface area contributed by atoms with Crippen molar-refractivity contribution >= 4 is 17.5 Å². The van der Waals surface area contributed by atoms with Gasteiger partial charge < -0.3 is 9.64 Å². The number of carbonyl (C=O) groups is 2. The van der Waals surface area contributed by atoms with Crippen LogP contribution in [0, 0.1) is 0 Å². The molecule has 0 atom stereocenters. The fourth-order valence-electron chi connectivity index (χ4n) is 2.64. The van der Waals surface area contributed by atoms with E-state index in [1.54, 1.807) is 12.0 Å². The summed E-state index contributed by atoms with van der Waals surface area (Å²) in [7, 11) is 1.65. The van der Waals surface area contributed by atoms with E-state index in [1.807, 2.05) is 18.2 Å². The average Bonchev–Trinajstić information content (AvgIpc) is 2.54. The zero-order valence-corrected chi connectivity index (χ0v) is 11.9. The average molecular weight is 287 g/mol. The summed E-state index contributed by atoms with van der Waals surface area (Å²) in [4.78, 5) is 25.3. The molecule has 21 heavy (non-hydrogen) atoms. The molecule has 2 aliphatic heterocycles. The molecule has 3 rings (SSSR count). The van der Waals surface area contributed by atoms with E-state index in [2.05, 4.69) is 10.5 Å². The van der Waals surface area contributed by atoms with E-state index in [-0.39, 0.29) is 11.8 Å². The molecule has 0 saturated heterocycles. The minimum Gasteiger partial charge on any atom is -0.497 e. The highest BCUT2D eigenvalue weighted by atomic mass is 16.5. The first-order valence-corrected chi connectivity index (χ1v) is 6.98. The Morgan fingerprint density at radius 1 is 1.29 bits per heavy atom. The summed E-state index contributed by atoms with van der Waals surface area (Å²) in [6, 6.07) is 5.93. The second-order valence-corrected chi connectivity index (χ2v) is 5.20. The van der Waals surface area contributed by atoms with Crippen LogP contribution in [0.5, 0.6) is 5.75 Å². The molecule has 2 heterocycles. The number of amides is 2. The molecule has 0 bridgehead atoms. The van der Waals surface area contributed by atoms with Gasteiger partial charge in [-0.25, -0.2) is 5.43 Å². The van der Waals surface area contributed by atoms with E-state index in [9.17, 15) is 9.59 Å². The SMILES string of the molecule is COc1ccc2c(c1)CCN(C(=O)C1=NNC(=O)CC1)C2. The van der Waals surface area contributed by atoms with Crippen LogP contribution >= 0.6 is 0 Å². The molecule has 1 N–H and O–H groups in total. The third-order valence-electron chi connectivity index (χ3n) is 3.86. The zero-order valence-electron chi connectivity index (χ0n) is 11.9. The number of hydrogen-bond donors (Lipinski definition) is 1. The van der Waals surface area contributed by atoms with Crippen LogP contribution < -0.4 is 10.2 Å². The van der Waals surface area contributed by atoms with Crippen molar-refractivity contribution in [3.63, 3.8) is 0 Å². The van der Waals surface area contributed by atoms with Crippen molar-refractivity contribution in [3.05, 3.63) is 29.3 Å². The van der Waals surface area contributed by atoms with Gasteiger partial charge in [0.1, 0.15) is 11.5 Å². The summed E-state index contributed by atoms with van der Waals surface area (Å²) >= 11 is 0. The number of methoxy groups -OCH3 is 1. The number of carbonyl (C=O) groups excluding carboxylic acids is 2. The summed E-state index contributed by atoms with van der Waals surface area (Å²) in [5, 5.41) is 3.87. The Kier molecular flexibility index (Phi) is 3.60. The number of benzene rings is 1. The van der Waals surface area contributed by atoms with Gasteiger partial charge in [-0.15, -0.1) is 0 Å². The van der Waals surface area contributed by atoms with Gasteiger partial charge >= 0.3 is 0 Å². The summed E-state index contributed by atoms with van der Waals surface area (Å²) in [6.45, 7) is 1.23. The van der Waals surface area contributed by atoms with Crippen LogP contribution in [0.1, 0.15) is 24.0 Å². The molecule has 1 aromatic carbocycles. The molecule has 6 heteroatoms. The monoisotopic (exact) mass is 287 g/mol. The Hall–Kier alpha value is -2.37. The molecule has 6 nitrogen and oxygen atoms in total. The number of nitrogens with one attached hydrogen (secondary N) is 1. The van der Waals surface area contributed by atoms with E-state index < -0.39 is 0 Å². The highest BCUT2D eigenvalue weighted by Gasteiger charge is 2.26. The largest absolute Gasteiger partial charge is 0.497 e. The van der Waals surface area contributed by atoms with Crippen molar-refractivity contribution in [1.82, 2.24) is 10.3 Å². The van der Waals surface area contributed by atoms with Gasteiger partial charge in [-0.1, -0.05) is 6.07 Å². The lowest BCUT2D eigenvalue weighted by Crippen LogP contribution is -2.42. The van der Waals surface area contributed by atoms with Crippen molar-refractivity contribution < 1.29 is 14.3 Å². The number of nitrogens with zero attached hydrogens (tertiary/aromatic N) is 2. The van der Waals surface area contributed by atoms with E-state index in [0.29, 0.717) is 31.6 Å². The number of hydrazone groups is 1. The molecule has 2 aliphatic rings. The Balaban J connectivity index is 1.74. The molecule has 0 spiro atoms. The van der Waals surface area contributed by atoms with Crippen LogP contribution in [0.25, 0.3) is 0 Å². The predicted octanol–water partition coefficient (Wildman–Crippen LogP) is 0.846.